The lowest BCUT2D eigenvalue weighted by Crippen LogP contribution is -2.64. The molecule has 1 aliphatic heterocycles. The fourth-order valence-corrected chi connectivity index (χ4v) is 1.45. The van der Waals surface area contributed by atoms with Crippen LogP contribution in [-0.4, -0.2) is 52.6 Å². The summed E-state index contributed by atoms with van der Waals surface area (Å²) in [4.78, 5) is 0. The molecule has 0 aromatic carbocycles. The molecule has 1 aliphatic rings. The Kier molecular flexibility index (Phi) is 2.94. The van der Waals surface area contributed by atoms with Gasteiger partial charge < -0.3 is 24.8 Å². The summed E-state index contributed by atoms with van der Waals surface area (Å²) in [6, 6.07) is 0. The van der Waals surface area contributed by atoms with Crippen molar-refractivity contribution in [3.63, 3.8) is 0 Å². The molecule has 0 spiro atoms. The minimum absolute atomic E-state index is 0.555. The van der Waals surface area contributed by atoms with Crippen molar-refractivity contribution >= 4 is 0 Å². The molecule has 0 aliphatic carbocycles. The first-order valence-corrected chi connectivity index (χ1v) is 4.18. The van der Waals surface area contributed by atoms with Crippen LogP contribution in [0.15, 0.2) is 0 Å². The van der Waals surface area contributed by atoms with E-state index in [1.54, 1.807) is 6.92 Å². The van der Waals surface area contributed by atoms with Gasteiger partial charge in [0.25, 0.3) is 0 Å². The van der Waals surface area contributed by atoms with Gasteiger partial charge in [0, 0.05) is 7.11 Å². The van der Waals surface area contributed by atoms with E-state index < -0.39 is 30.2 Å². The van der Waals surface area contributed by atoms with Crippen molar-refractivity contribution in [2.45, 2.75) is 44.1 Å². The lowest BCUT2D eigenvalue weighted by atomic mass is 9.89. The number of aliphatic hydroxyl groups is 3. The number of aliphatic hydroxyl groups excluding tert-OH is 2. The van der Waals surface area contributed by atoms with E-state index in [0.29, 0.717) is 0 Å². The molecule has 1 saturated heterocycles. The van der Waals surface area contributed by atoms with Crippen molar-refractivity contribution in [1.82, 2.24) is 0 Å². The molecule has 0 aromatic rings. The van der Waals surface area contributed by atoms with Crippen molar-refractivity contribution in [2.75, 3.05) is 7.11 Å². The van der Waals surface area contributed by atoms with Crippen molar-refractivity contribution in [3.05, 3.63) is 0 Å². The zero-order valence-electron chi connectivity index (χ0n) is 7.97. The van der Waals surface area contributed by atoms with Crippen LogP contribution in [0.25, 0.3) is 0 Å². The Morgan fingerprint density at radius 1 is 1.38 bits per heavy atom. The molecule has 0 amide bonds. The van der Waals surface area contributed by atoms with Gasteiger partial charge in [0.05, 0.1) is 6.10 Å². The van der Waals surface area contributed by atoms with Gasteiger partial charge in [-0.3, -0.25) is 0 Å². The molecular formula is C8H16O5. The van der Waals surface area contributed by atoms with Gasteiger partial charge >= 0.3 is 0 Å². The Labute approximate surface area is 76.9 Å². The van der Waals surface area contributed by atoms with Crippen LogP contribution in [-0.2, 0) is 9.47 Å². The highest BCUT2D eigenvalue weighted by molar-refractivity contribution is 4.96. The normalized spacial score (nSPS) is 52.2. The summed E-state index contributed by atoms with van der Waals surface area (Å²) in [5, 5.41) is 28.7. The SMILES string of the molecule is CO[C@H]1O[C@H](C)[C@@H](O)[C@@H](O)[C@@]1(C)O. The molecule has 0 saturated carbocycles. The fourth-order valence-electron chi connectivity index (χ4n) is 1.45. The number of hydrogen-bond donors (Lipinski definition) is 3. The van der Waals surface area contributed by atoms with E-state index in [4.69, 9.17) is 9.47 Å². The first-order chi connectivity index (χ1) is 5.91. The maximum Gasteiger partial charge on any atom is 0.188 e. The molecule has 5 nitrogen and oxygen atoms in total. The Balaban J connectivity index is 2.82. The third-order valence-electron chi connectivity index (χ3n) is 2.43. The Bertz CT molecular complexity index is 177. The maximum absolute atomic E-state index is 9.73. The van der Waals surface area contributed by atoms with Gasteiger partial charge in [0.2, 0.25) is 0 Å². The Morgan fingerprint density at radius 3 is 2.38 bits per heavy atom. The molecule has 1 fully saturated rings. The van der Waals surface area contributed by atoms with Gasteiger partial charge in [-0.25, -0.2) is 0 Å². The average Bonchev–Trinajstić information content (AvgIpc) is 2.08. The van der Waals surface area contributed by atoms with Crippen molar-refractivity contribution in [3.8, 4) is 0 Å². The van der Waals surface area contributed by atoms with Crippen LogP contribution in [0, 0.1) is 0 Å². The van der Waals surface area contributed by atoms with Crippen molar-refractivity contribution < 1.29 is 24.8 Å². The quantitative estimate of drug-likeness (QED) is 0.489. The third kappa shape index (κ3) is 1.70. The molecule has 5 atom stereocenters. The predicted octanol–water partition coefficient (Wildman–Crippen LogP) is -1.15. The molecule has 1 heterocycles. The monoisotopic (exact) mass is 192 g/mol. The fraction of sp³-hybridized carbons (Fsp3) is 1.00. The number of rotatable bonds is 1. The topological polar surface area (TPSA) is 79.2 Å². The summed E-state index contributed by atoms with van der Waals surface area (Å²) >= 11 is 0. The predicted molar refractivity (Wildman–Crippen MR) is 44.0 cm³/mol. The molecule has 0 aromatic heterocycles. The first kappa shape index (κ1) is 10.9. The highest BCUT2D eigenvalue weighted by Crippen LogP contribution is 2.29. The lowest BCUT2D eigenvalue weighted by Gasteiger charge is -2.44. The zero-order chi connectivity index (χ0) is 10.2. The summed E-state index contributed by atoms with van der Waals surface area (Å²) in [5.41, 5.74) is -1.58. The maximum atomic E-state index is 9.73. The van der Waals surface area contributed by atoms with Gasteiger partial charge in [-0.05, 0) is 13.8 Å². The summed E-state index contributed by atoms with van der Waals surface area (Å²) in [5.74, 6) is 0. The summed E-state index contributed by atoms with van der Waals surface area (Å²) < 4.78 is 10.0. The van der Waals surface area contributed by atoms with Gasteiger partial charge in [-0.15, -0.1) is 0 Å². The minimum atomic E-state index is -1.58. The second-order valence-electron chi connectivity index (χ2n) is 3.57. The van der Waals surface area contributed by atoms with Crippen LogP contribution in [0.5, 0.6) is 0 Å². The van der Waals surface area contributed by atoms with Gasteiger partial charge in [0.1, 0.15) is 17.8 Å². The molecule has 5 heteroatoms. The second kappa shape index (κ2) is 3.51. The molecule has 78 valence electrons. The van der Waals surface area contributed by atoms with Gasteiger partial charge in [-0.2, -0.15) is 0 Å². The summed E-state index contributed by atoms with van der Waals surface area (Å²) in [6.07, 6.45) is -3.83. The minimum Gasteiger partial charge on any atom is -0.388 e. The van der Waals surface area contributed by atoms with Crippen LogP contribution >= 0.6 is 0 Å². The highest BCUT2D eigenvalue weighted by atomic mass is 16.7. The molecule has 3 N–H and O–H groups in total. The number of hydrogen-bond acceptors (Lipinski definition) is 5. The first-order valence-electron chi connectivity index (χ1n) is 4.18. The van der Waals surface area contributed by atoms with Crippen molar-refractivity contribution in [1.29, 1.82) is 0 Å². The largest absolute Gasteiger partial charge is 0.388 e. The highest BCUT2D eigenvalue weighted by Gasteiger charge is 2.50. The van der Waals surface area contributed by atoms with E-state index in [-0.39, 0.29) is 0 Å². The number of ether oxygens (including phenoxy) is 2. The smallest absolute Gasteiger partial charge is 0.188 e. The Morgan fingerprint density at radius 2 is 1.92 bits per heavy atom. The molecule has 1 rings (SSSR count). The van der Waals surface area contributed by atoms with Crippen LogP contribution in [0.4, 0.5) is 0 Å². The molecule has 0 unspecified atom stereocenters. The van der Waals surface area contributed by atoms with E-state index in [9.17, 15) is 15.3 Å². The van der Waals surface area contributed by atoms with E-state index in [1.807, 2.05) is 0 Å². The van der Waals surface area contributed by atoms with Crippen LogP contribution in [0.2, 0.25) is 0 Å². The van der Waals surface area contributed by atoms with Crippen LogP contribution in [0.1, 0.15) is 13.8 Å². The molecule has 0 bridgehead atoms. The van der Waals surface area contributed by atoms with Crippen LogP contribution in [0.3, 0.4) is 0 Å². The third-order valence-corrected chi connectivity index (χ3v) is 2.43. The van der Waals surface area contributed by atoms with Crippen LogP contribution < -0.4 is 0 Å². The van der Waals surface area contributed by atoms with E-state index in [0.717, 1.165) is 0 Å². The average molecular weight is 192 g/mol. The van der Waals surface area contributed by atoms with E-state index in [2.05, 4.69) is 0 Å². The lowest BCUT2D eigenvalue weighted by molar-refractivity contribution is -0.323. The van der Waals surface area contributed by atoms with E-state index in [1.165, 1.54) is 14.0 Å². The summed E-state index contributed by atoms with van der Waals surface area (Å²) in [7, 11) is 1.37. The number of methoxy groups -OCH3 is 1. The summed E-state index contributed by atoms with van der Waals surface area (Å²) in [6.45, 7) is 2.97. The molecular weight excluding hydrogens is 176 g/mol. The van der Waals surface area contributed by atoms with Gasteiger partial charge in [-0.1, -0.05) is 0 Å². The zero-order valence-corrected chi connectivity index (χ0v) is 7.97. The standard InChI is InChI=1S/C8H16O5/c1-4-5(9)6(10)8(2,11)7(12-3)13-4/h4-7,9-11H,1-3H3/t4-,5-,6-,7+,8-/m1/s1. The van der Waals surface area contributed by atoms with Gasteiger partial charge in [0.15, 0.2) is 6.29 Å². The Hall–Kier alpha value is -0.200. The molecule has 13 heavy (non-hydrogen) atoms. The second-order valence-corrected chi connectivity index (χ2v) is 3.57. The van der Waals surface area contributed by atoms with Crippen molar-refractivity contribution in [2.24, 2.45) is 0 Å². The molecule has 0 radical (unpaired) electrons. The van der Waals surface area contributed by atoms with E-state index >= 15 is 0 Å².